The SMILES string of the molecule is OCc1ccccc1-c1ccc2nc(-c3ccc4[nH]ccc4c3)cn2c1. The lowest BCUT2D eigenvalue weighted by Gasteiger charge is -2.07. The molecule has 3 aromatic heterocycles. The maximum atomic E-state index is 9.59. The standard InChI is InChI=1S/C22H17N3O/c26-14-18-3-1-2-4-19(18)17-6-8-22-24-21(13-25(22)12-17)15-5-7-20-16(11-15)9-10-23-20/h1-13,23,26H,14H2. The summed E-state index contributed by atoms with van der Waals surface area (Å²) in [6.07, 6.45) is 6.06. The molecule has 4 heteroatoms. The zero-order chi connectivity index (χ0) is 17.5. The monoisotopic (exact) mass is 339 g/mol. The van der Waals surface area contributed by atoms with E-state index < -0.39 is 0 Å². The van der Waals surface area contributed by atoms with Crippen LogP contribution in [0, 0.1) is 0 Å². The first-order valence-electron chi connectivity index (χ1n) is 8.57. The van der Waals surface area contributed by atoms with Gasteiger partial charge in [0.1, 0.15) is 5.65 Å². The number of imidazole rings is 1. The first-order valence-corrected chi connectivity index (χ1v) is 8.57. The molecule has 0 saturated carbocycles. The van der Waals surface area contributed by atoms with Gasteiger partial charge in [-0.2, -0.15) is 0 Å². The highest BCUT2D eigenvalue weighted by molar-refractivity contribution is 5.84. The Kier molecular flexibility index (Phi) is 3.37. The fourth-order valence-electron chi connectivity index (χ4n) is 3.44. The lowest BCUT2D eigenvalue weighted by Crippen LogP contribution is -1.91. The Bertz CT molecular complexity index is 1230. The number of aliphatic hydroxyl groups excluding tert-OH is 1. The van der Waals surface area contributed by atoms with Crippen LogP contribution in [0.3, 0.4) is 0 Å². The van der Waals surface area contributed by atoms with Crippen LogP contribution in [0.5, 0.6) is 0 Å². The van der Waals surface area contributed by atoms with Gasteiger partial charge in [-0.25, -0.2) is 4.98 Å². The number of hydrogen-bond acceptors (Lipinski definition) is 2. The largest absolute Gasteiger partial charge is 0.392 e. The average molecular weight is 339 g/mol. The highest BCUT2D eigenvalue weighted by Crippen LogP contribution is 2.27. The molecule has 3 heterocycles. The van der Waals surface area contributed by atoms with E-state index >= 15 is 0 Å². The second kappa shape index (κ2) is 5.86. The highest BCUT2D eigenvalue weighted by atomic mass is 16.3. The number of H-pyrrole nitrogens is 1. The molecule has 0 radical (unpaired) electrons. The molecule has 5 rings (SSSR count). The molecule has 5 aromatic rings. The van der Waals surface area contributed by atoms with Gasteiger partial charge in [0.05, 0.1) is 12.3 Å². The van der Waals surface area contributed by atoms with E-state index in [1.54, 1.807) is 0 Å². The number of aromatic nitrogens is 3. The van der Waals surface area contributed by atoms with Crippen LogP contribution in [-0.2, 0) is 6.61 Å². The van der Waals surface area contributed by atoms with Crippen molar-refractivity contribution >= 4 is 16.6 Å². The fraction of sp³-hybridized carbons (Fsp3) is 0.0455. The second-order valence-electron chi connectivity index (χ2n) is 6.40. The second-order valence-corrected chi connectivity index (χ2v) is 6.40. The first kappa shape index (κ1) is 14.9. The van der Waals surface area contributed by atoms with E-state index in [0.29, 0.717) is 0 Å². The number of nitrogens with zero attached hydrogens (tertiary/aromatic N) is 2. The van der Waals surface area contributed by atoms with Crippen molar-refractivity contribution < 1.29 is 5.11 Å². The Balaban J connectivity index is 1.61. The van der Waals surface area contributed by atoms with Crippen molar-refractivity contribution in [3.63, 3.8) is 0 Å². The minimum Gasteiger partial charge on any atom is -0.392 e. The Labute approximate surface area is 150 Å². The van der Waals surface area contributed by atoms with Crippen molar-refractivity contribution in [3.8, 4) is 22.4 Å². The summed E-state index contributed by atoms with van der Waals surface area (Å²) in [6, 6.07) is 20.4. The van der Waals surface area contributed by atoms with Crippen LogP contribution in [0.4, 0.5) is 0 Å². The molecule has 0 saturated heterocycles. The summed E-state index contributed by atoms with van der Waals surface area (Å²) in [6.45, 7) is 0.0278. The predicted molar refractivity (Wildman–Crippen MR) is 104 cm³/mol. The zero-order valence-electron chi connectivity index (χ0n) is 14.1. The summed E-state index contributed by atoms with van der Waals surface area (Å²) in [5, 5.41) is 10.8. The first-order chi connectivity index (χ1) is 12.8. The van der Waals surface area contributed by atoms with Gasteiger partial charge >= 0.3 is 0 Å². The third-order valence-electron chi connectivity index (χ3n) is 4.80. The molecular weight excluding hydrogens is 322 g/mol. The average Bonchev–Trinajstić information content (AvgIpc) is 3.33. The number of pyridine rings is 1. The molecule has 26 heavy (non-hydrogen) atoms. The van der Waals surface area contributed by atoms with E-state index in [-0.39, 0.29) is 6.61 Å². The molecule has 0 spiro atoms. The Morgan fingerprint density at radius 1 is 0.923 bits per heavy atom. The quantitative estimate of drug-likeness (QED) is 0.503. The van der Waals surface area contributed by atoms with Gasteiger partial charge in [-0.1, -0.05) is 30.3 Å². The third-order valence-corrected chi connectivity index (χ3v) is 4.80. The van der Waals surface area contributed by atoms with Crippen molar-refractivity contribution in [2.45, 2.75) is 6.61 Å². The molecule has 4 nitrogen and oxygen atoms in total. The number of fused-ring (bicyclic) bond motifs is 2. The normalized spacial score (nSPS) is 11.4. The molecule has 0 aliphatic heterocycles. The maximum Gasteiger partial charge on any atom is 0.137 e. The molecule has 126 valence electrons. The topological polar surface area (TPSA) is 53.3 Å². The van der Waals surface area contributed by atoms with E-state index in [1.807, 2.05) is 47.1 Å². The summed E-state index contributed by atoms with van der Waals surface area (Å²) in [7, 11) is 0. The number of aliphatic hydroxyl groups is 1. The van der Waals surface area contributed by atoms with Crippen LogP contribution >= 0.6 is 0 Å². The molecule has 0 amide bonds. The van der Waals surface area contributed by atoms with Crippen molar-refractivity contribution in [2.24, 2.45) is 0 Å². The van der Waals surface area contributed by atoms with Gasteiger partial charge < -0.3 is 14.5 Å². The van der Waals surface area contributed by atoms with Crippen LogP contribution in [0.2, 0.25) is 0 Å². The molecule has 0 aliphatic rings. The molecule has 2 aromatic carbocycles. The number of rotatable bonds is 3. The van der Waals surface area contributed by atoms with Gasteiger partial charge in [-0.3, -0.25) is 0 Å². The van der Waals surface area contributed by atoms with Gasteiger partial charge in [0.15, 0.2) is 0 Å². The number of nitrogens with one attached hydrogen (secondary N) is 1. The van der Waals surface area contributed by atoms with Crippen molar-refractivity contribution in [2.75, 3.05) is 0 Å². The molecular formula is C22H17N3O. The number of aromatic amines is 1. The van der Waals surface area contributed by atoms with Gasteiger partial charge in [-0.15, -0.1) is 0 Å². The van der Waals surface area contributed by atoms with Crippen LogP contribution in [0.1, 0.15) is 5.56 Å². The summed E-state index contributed by atoms with van der Waals surface area (Å²) < 4.78 is 2.04. The van der Waals surface area contributed by atoms with Gasteiger partial charge in [0, 0.05) is 35.1 Å². The van der Waals surface area contributed by atoms with Crippen molar-refractivity contribution in [3.05, 3.63) is 84.8 Å². The minimum atomic E-state index is 0.0278. The Morgan fingerprint density at radius 3 is 2.73 bits per heavy atom. The molecule has 2 N–H and O–H groups in total. The maximum absolute atomic E-state index is 9.59. The van der Waals surface area contributed by atoms with Crippen molar-refractivity contribution in [1.82, 2.24) is 14.4 Å². The summed E-state index contributed by atoms with van der Waals surface area (Å²) in [5.74, 6) is 0. The molecule has 0 bridgehead atoms. The third kappa shape index (κ3) is 2.39. The zero-order valence-corrected chi connectivity index (χ0v) is 14.1. The molecule has 0 unspecified atom stereocenters. The van der Waals surface area contributed by atoms with Crippen LogP contribution in [0.15, 0.2) is 79.3 Å². The summed E-state index contributed by atoms with van der Waals surface area (Å²) >= 11 is 0. The fourth-order valence-corrected chi connectivity index (χ4v) is 3.44. The smallest absolute Gasteiger partial charge is 0.137 e. The lowest BCUT2D eigenvalue weighted by atomic mass is 10.0. The van der Waals surface area contributed by atoms with E-state index in [9.17, 15) is 5.11 Å². The number of hydrogen-bond donors (Lipinski definition) is 2. The van der Waals surface area contributed by atoms with Crippen LogP contribution in [0.25, 0.3) is 38.9 Å². The van der Waals surface area contributed by atoms with Gasteiger partial charge in [-0.05, 0) is 47.0 Å². The van der Waals surface area contributed by atoms with Gasteiger partial charge in [0.2, 0.25) is 0 Å². The number of benzene rings is 2. The Hall–Kier alpha value is -3.37. The van der Waals surface area contributed by atoms with Crippen LogP contribution in [-0.4, -0.2) is 19.5 Å². The molecule has 0 atom stereocenters. The highest BCUT2D eigenvalue weighted by Gasteiger charge is 2.09. The molecule has 0 aliphatic carbocycles. The Morgan fingerprint density at radius 2 is 1.81 bits per heavy atom. The molecule has 0 fully saturated rings. The van der Waals surface area contributed by atoms with Crippen LogP contribution < -0.4 is 0 Å². The lowest BCUT2D eigenvalue weighted by molar-refractivity contribution is 0.282. The van der Waals surface area contributed by atoms with E-state index in [4.69, 9.17) is 4.98 Å². The summed E-state index contributed by atoms with van der Waals surface area (Å²) in [5.41, 5.74) is 7.09. The van der Waals surface area contributed by atoms with E-state index in [2.05, 4.69) is 41.5 Å². The van der Waals surface area contributed by atoms with E-state index in [1.165, 1.54) is 5.39 Å². The van der Waals surface area contributed by atoms with Gasteiger partial charge in [0.25, 0.3) is 0 Å². The van der Waals surface area contributed by atoms with Crippen molar-refractivity contribution in [1.29, 1.82) is 0 Å². The summed E-state index contributed by atoms with van der Waals surface area (Å²) in [4.78, 5) is 7.97. The minimum absolute atomic E-state index is 0.0278. The van der Waals surface area contributed by atoms with E-state index in [0.717, 1.165) is 39.1 Å². The predicted octanol–water partition coefficient (Wildman–Crippen LogP) is 4.64.